The van der Waals surface area contributed by atoms with Gasteiger partial charge in [0.1, 0.15) is 13.2 Å². The van der Waals surface area contributed by atoms with Gasteiger partial charge in [-0.05, 0) is 25.1 Å². The average Bonchev–Trinajstić information content (AvgIpc) is 2.82. The maximum absolute atomic E-state index is 6.28. The number of hydrogen-bond donors (Lipinski definition) is 1. The van der Waals surface area contributed by atoms with E-state index in [1.807, 2.05) is 12.1 Å². The molecule has 0 bridgehead atoms. The van der Waals surface area contributed by atoms with Gasteiger partial charge in [-0.25, -0.2) is 0 Å². The van der Waals surface area contributed by atoms with Crippen LogP contribution in [0.3, 0.4) is 0 Å². The van der Waals surface area contributed by atoms with Crippen LogP contribution in [0.2, 0.25) is 5.02 Å². The smallest absolute Gasteiger partial charge is 0.166 e. The highest BCUT2D eigenvalue weighted by Crippen LogP contribution is 2.43. The zero-order chi connectivity index (χ0) is 11.0. The molecule has 2 heterocycles. The number of nitrogens with one attached hydrogen (secondary N) is 1. The molecule has 0 aliphatic carbocycles. The van der Waals surface area contributed by atoms with E-state index in [-0.39, 0.29) is 0 Å². The highest BCUT2D eigenvalue weighted by atomic mass is 35.5. The minimum Gasteiger partial charge on any atom is -0.486 e. The third-order valence-electron chi connectivity index (χ3n) is 3.16. The molecule has 1 fully saturated rings. The lowest BCUT2D eigenvalue weighted by atomic mass is 9.96. The number of ether oxygens (including phenoxy) is 2. The molecule has 1 aromatic carbocycles. The van der Waals surface area contributed by atoms with Gasteiger partial charge >= 0.3 is 0 Å². The van der Waals surface area contributed by atoms with E-state index < -0.39 is 0 Å². The van der Waals surface area contributed by atoms with Crippen LogP contribution < -0.4 is 14.8 Å². The first kappa shape index (κ1) is 10.2. The topological polar surface area (TPSA) is 30.5 Å². The van der Waals surface area contributed by atoms with Gasteiger partial charge in [0, 0.05) is 23.0 Å². The number of halogens is 1. The zero-order valence-corrected chi connectivity index (χ0v) is 9.72. The van der Waals surface area contributed by atoms with Gasteiger partial charge in [0.25, 0.3) is 0 Å². The van der Waals surface area contributed by atoms with Crippen LogP contribution in [0.1, 0.15) is 17.9 Å². The highest BCUT2D eigenvalue weighted by Gasteiger charge is 2.27. The molecule has 0 aromatic heterocycles. The second-order valence-corrected chi connectivity index (χ2v) is 4.58. The van der Waals surface area contributed by atoms with Crippen molar-refractivity contribution in [1.29, 1.82) is 0 Å². The Balaban J connectivity index is 2.06. The molecule has 16 heavy (non-hydrogen) atoms. The third kappa shape index (κ3) is 1.64. The summed E-state index contributed by atoms with van der Waals surface area (Å²) in [5.74, 6) is 2.13. The molecule has 0 spiro atoms. The maximum atomic E-state index is 6.28. The lowest BCUT2D eigenvalue weighted by molar-refractivity contribution is 0.169. The fourth-order valence-corrected chi connectivity index (χ4v) is 2.70. The predicted molar refractivity (Wildman–Crippen MR) is 62.7 cm³/mol. The molecule has 1 saturated heterocycles. The Morgan fingerprint density at radius 2 is 2.12 bits per heavy atom. The van der Waals surface area contributed by atoms with Crippen molar-refractivity contribution in [2.45, 2.75) is 12.3 Å². The van der Waals surface area contributed by atoms with Gasteiger partial charge in [0.05, 0.1) is 0 Å². The van der Waals surface area contributed by atoms with Crippen LogP contribution in [0, 0.1) is 0 Å². The van der Waals surface area contributed by atoms with Crippen molar-refractivity contribution in [3.05, 3.63) is 22.7 Å². The Hall–Kier alpha value is -0.930. The summed E-state index contributed by atoms with van der Waals surface area (Å²) in [4.78, 5) is 0. The van der Waals surface area contributed by atoms with Crippen LogP contribution in [0.4, 0.5) is 0 Å². The van der Waals surface area contributed by atoms with Crippen molar-refractivity contribution in [1.82, 2.24) is 5.32 Å². The fraction of sp³-hybridized carbons (Fsp3) is 0.500. The third-order valence-corrected chi connectivity index (χ3v) is 3.49. The van der Waals surface area contributed by atoms with Gasteiger partial charge in [-0.15, -0.1) is 0 Å². The average molecular weight is 240 g/mol. The highest BCUT2D eigenvalue weighted by molar-refractivity contribution is 6.31. The second kappa shape index (κ2) is 4.15. The molecule has 3 rings (SSSR count). The number of fused-ring (bicyclic) bond motifs is 1. The molecule has 3 nitrogen and oxygen atoms in total. The van der Waals surface area contributed by atoms with Crippen LogP contribution in [-0.2, 0) is 0 Å². The molecule has 0 radical (unpaired) electrons. The zero-order valence-electron chi connectivity index (χ0n) is 8.96. The van der Waals surface area contributed by atoms with Crippen molar-refractivity contribution in [2.75, 3.05) is 26.3 Å². The van der Waals surface area contributed by atoms with Crippen molar-refractivity contribution in [2.24, 2.45) is 0 Å². The predicted octanol–water partition coefficient (Wildman–Crippen LogP) is 2.19. The van der Waals surface area contributed by atoms with E-state index >= 15 is 0 Å². The van der Waals surface area contributed by atoms with E-state index in [2.05, 4.69) is 5.32 Å². The van der Waals surface area contributed by atoms with Crippen LogP contribution in [-0.4, -0.2) is 26.3 Å². The van der Waals surface area contributed by atoms with Gasteiger partial charge in [-0.3, -0.25) is 0 Å². The second-order valence-electron chi connectivity index (χ2n) is 4.17. The van der Waals surface area contributed by atoms with Crippen LogP contribution in [0.5, 0.6) is 11.5 Å². The number of benzene rings is 1. The summed E-state index contributed by atoms with van der Waals surface area (Å²) in [6.07, 6.45) is 1.11. The Labute approximate surface area is 99.7 Å². The first-order chi connectivity index (χ1) is 7.86. The summed E-state index contributed by atoms with van der Waals surface area (Å²) < 4.78 is 11.3. The Morgan fingerprint density at radius 3 is 2.94 bits per heavy atom. The summed E-state index contributed by atoms with van der Waals surface area (Å²) in [6.45, 7) is 3.25. The van der Waals surface area contributed by atoms with E-state index in [0.29, 0.717) is 19.1 Å². The summed E-state index contributed by atoms with van der Waals surface area (Å²) in [5.41, 5.74) is 1.11. The van der Waals surface area contributed by atoms with Gasteiger partial charge in [-0.2, -0.15) is 0 Å². The summed E-state index contributed by atoms with van der Waals surface area (Å²) in [5, 5.41) is 4.14. The van der Waals surface area contributed by atoms with E-state index in [0.717, 1.165) is 41.6 Å². The van der Waals surface area contributed by atoms with Crippen molar-refractivity contribution in [3.8, 4) is 11.5 Å². The molecule has 2 aliphatic heterocycles. The first-order valence-electron chi connectivity index (χ1n) is 5.65. The Morgan fingerprint density at radius 1 is 1.25 bits per heavy atom. The van der Waals surface area contributed by atoms with Crippen LogP contribution in [0.15, 0.2) is 12.1 Å². The minimum absolute atomic E-state index is 0.448. The van der Waals surface area contributed by atoms with E-state index in [1.165, 1.54) is 0 Å². The van der Waals surface area contributed by atoms with Crippen molar-refractivity contribution in [3.63, 3.8) is 0 Å². The maximum Gasteiger partial charge on any atom is 0.166 e. The number of hydrogen-bond acceptors (Lipinski definition) is 3. The molecule has 0 saturated carbocycles. The lowest BCUT2D eigenvalue weighted by Gasteiger charge is -2.24. The molecular weight excluding hydrogens is 226 g/mol. The van der Waals surface area contributed by atoms with E-state index in [9.17, 15) is 0 Å². The first-order valence-corrected chi connectivity index (χ1v) is 6.03. The van der Waals surface area contributed by atoms with Crippen LogP contribution >= 0.6 is 11.6 Å². The van der Waals surface area contributed by atoms with Gasteiger partial charge < -0.3 is 14.8 Å². The van der Waals surface area contributed by atoms with Gasteiger partial charge in [0.2, 0.25) is 0 Å². The minimum atomic E-state index is 0.448. The molecule has 1 unspecified atom stereocenters. The van der Waals surface area contributed by atoms with E-state index in [4.69, 9.17) is 21.1 Å². The van der Waals surface area contributed by atoms with E-state index in [1.54, 1.807) is 0 Å². The largest absolute Gasteiger partial charge is 0.486 e. The molecular formula is C12H14ClNO2. The standard InChI is InChI=1S/C12H14ClNO2/c13-9-1-2-10-12(16-6-5-15-10)11(9)8-3-4-14-7-8/h1-2,8,14H,3-7H2. The van der Waals surface area contributed by atoms with Gasteiger partial charge in [-0.1, -0.05) is 11.6 Å². The van der Waals surface area contributed by atoms with Crippen molar-refractivity contribution >= 4 is 11.6 Å². The number of rotatable bonds is 1. The SMILES string of the molecule is Clc1ccc2c(c1C1CCNC1)OCCO2. The van der Waals surface area contributed by atoms with Crippen molar-refractivity contribution < 1.29 is 9.47 Å². The van der Waals surface area contributed by atoms with Gasteiger partial charge in [0.15, 0.2) is 11.5 Å². The molecule has 2 aliphatic rings. The molecule has 86 valence electrons. The lowest BCUT2D eigenvalue weighted by Crippen LogP contribution is -2.18. The molecule has 1 atom stereocenters. The Kier molecular flexibility index (Phi) is 2.65. The Bertz CT molecular complexity index is 402. The summed E-state index contributed by atoms with van der Waals surface area (Å²) in [7, 11) is 0. The molecule has 0 amide bonds. The van der Waals surface area contributed by atoms with Crippen LogP contribution in [0.25, 0.3) is 0 Å². The fourth-order valence-electron chi connectivity index (χ4n) is 2.39. The quantitative estimate of drug-likeness (QED) is 0.815. The summed E-state index contributed by atoms with van der Waals surface area (Å²) in [6, 6.07) is 3.80. The molecule has 1 aromatic rings. The molecule has 1 N–H and O–H groups in total. The molecule has 4 heteroatoms. The summed E-state index contributed by atoms with van der Waals surface area (Å²) >= 11 is 6.28. The normalized spacial score (nSPS) is 23.4. The monoisotopic (exact) mass is 239 g/mol.